The van der Waals surface area contributed by atoms with E-state index in [2.05, 4.69) is 5.10 Å². The molecule has 0 radical (unpaired) electrons. The van der Waals surface area contributed by atoms with Gasteiger partial charge in [-0.3, -0.25) is 0 Å². The second-order valence-corrected chi connectivity index (χ2v) is 9.90. The average molecular weight is 538 g/mol. The Kier molecular flexibility index (Phi) is 7.53. The summed E-state index contributed by atoms with van der Waals surface area (Å²) in [6, 6.07) is 9.98. The van der Waals surface area contributed by atoms with Crippen LogP contribution in [0.4, 0.5) is 4.79 Å². The number of amides is 1. The Labute approximate surface area is 225 Å². The highest BCUT2D eigenvalue weighted by Gasteiger charge is 2.31. The Hall–Kier alpha value is -4.54. The fourth-order valence-corrected chi connectivity index (χ4v) is 4.59. The van der Waals surface area contributed by atoms with Crippen LogP contribution < -0.4 is 9.47 Å². The fourth-order valence-electron chi connectivity index (χ4n) is 4.59. The van der Waals surface area contributed by atoms with Crippen LogP contribution in [0.25, 0.3) is 16.9 Å². The molecule has 1 aromatic heterocycles. The van der Waals surface area contributed by atoms with Crippen LogP contribution >= 0.6 is 0 Å². The molecular weight excluding hydrogens is 506 g/mol. The van der Waals surface area contributed by atoms with Crippen molar-refractivity contribution < 1.29 is 38.4 Å². The predicted octanol–water partition coefficient (Wildman–Crippen LogP) is 4.33. The van der Waals surface area contributed by atoms with Gasteiger partial charge in [0.1, 0.15) is 17.1 Å². The maximum Gasteiger partial charge on any atom is 0.410 e. The zero-order chi connectivity index (χ0) is 28.5. The summed E-state index contributed by atoms with van der Waals surface area (Å²) < 4.78 is 23.2. The lowest BCUT2D eigenvalue weighted by atomic mass is 9.93. The first-order valence-corrected chi connectivity index (χ1v) is 12.2. The monoisotopic (exact) mass is 537 g/mol. The molecule has 1 aliphatic heterocycles. The quantitative estimate of drug-likeness (QED) is 0.457. The topological polar surface area (TPSA) is 129 Å². The standard InChI is InChI=1S/C28H31N3O8/c1-28(2,3)39-27(35)30-13-12-16-18(15-30)17(25(32)33)10-11-20(16)31-21(14-19(29-31)26(34)38-6)24-22(36-4)8-7-9-23(24)37-5/h7-11,14H,12-13,15H2,1-6H3,(H,32,33). The van der Waals surface area contributed by atoms with Crippen LogP contribution in [0.2, 0.25) is 0 Å². The van der Waals surface area contributed by atoms with E-state index < -0.39 is 23.6 Å². The largest absolute Gasteiger partial charge is 0.496 e. The van der Waals surface area contributed by atoms with Gasteiger partial charge in [-0.1, -0.05) is 6.07 Å². The Balaban J connectivity index is 1.93. The predicted molar refractivity (Wildman–Crippen MR) is 141 cm³/mol. The number of carbonyl (C=O) groups is 3. The number of hydrogen-bond donors (Lipinski definition) is 1. The Bertz CT molecular complexity index is 1420. The lowest BCUT2D eigenvalue weighted by molar-refractivity contribution is 0.0221. The van der Waals surface area contributed by atoms with Crippen molar-refractivity contribution in [1.29, 1.82) is 0 Å². The molecule has 1 N–H and O–H groups in total. The minimum absolute atomic E-state index is 0.0398. The highest BCUT2D eigenvalue weighted by Crippen LogP contribution is 2.41. The molecular formula is C28H31N3O8. The molecule has 206 valence electrons. The number of aromatic carboxylic acids is 1. The normalized spacial score (nSPS) is 12.9. The molecule has 11 nitrogen and oxygen atoms in total. The van der Waals surface area contributed by atoms with E-state index in [0.717, 1.165) is 0 Å². The first kappa shape index (κ1) is 27.5. The van der Waals surface area contributed by atoms with Crippen molar-refractivity contribution in [2.24, 2.45) is 0 Å². The van der Waals surface area contributed by atoms with Crippen LogP contribution in [-0.2, 0) is 22.4 Å². The van der Waals surface area contributed by atoms with E-state index in [1.54, 1.807) is 55.8 Å². The van der Waals surface area contributed by atoms with E-state index in [0.29, 0.717) is 52.5 Å². The highest BCUT2D eigenvalue weighted by molar-refractivity contribution is 5.92. The number of rotatable bonds is 6. The van der Waals surface area contributed by atoms with Gasteiger partial charge in [0.2, 0.25) is 0 Å². The number of carbonyl (C=O) groups excluding carboxylic acids is 2. The molecule has 1 amide bonds. The van der Waals surface area contributed by atoms with Gasteiger partial charge in [0.05, 0.1) is 50.4 Å². The first-order chi connectivity index (χ1) is 18.5. The summed E-state index contributed by atoms with van der Waals surface area (Å²) >= 11 is 0. The van der Waals surface area contributed by atoms with E-state index in [4.69, 9.17) is 18.9 Å². The highest BCUT2D eigenvalue weighted by atomic mass is 16.6. The number of aromatic nitrogens is 2. The number of methoxy groups -OCH3 is 3. The summed E-state index contributed by atoms with van der Waals surface area (Å²) in [5.74, 6) is -0.791. The number of nitrogens with zero attached hydrogens (tertiary/aromatic N) is 3. The van der Waals surface area contributed by atoms with Gasteiger partial charge < -0.3 is 29.0 Å². The molecule has 0 bridgehead atoms. The van der Waals surface area contributed by atoms with E-state index >= 15 is 0 Å². The molecule has 39 heavy (non-hydrogen) atoms. The molecule has 0 unspecified atom stereocenters. The number of fused-ring (bicyclic) bond motifs is 1. The lowest BCUT2D eigenvalue weighted by Crippen LogP contribution is -2.40. The molecule has 1 aliphatic rings. The van der Waals surface area contributed by atoms with Gasteiger partial charge in [0.25, 0.3) is 0 Å². The number of hydrogen-bond acceptors (Lipinski definition) is 8. The van der Waals surface area contributed by atoms with Crippen molar-refractivity contribution in [3.63, 3.8) is 0 Å². The zero-order valence-electron chi connectivity index (χ0n) is 22.7. The summed E-state index contributed by atoms with van der Waals surface area (Å²) in [6.45, 7) is 5.66. The van der Waals surface area contributed by atoms with Gasteiger partial charge in [-0.2, -0.15) is 5.10 Å². The van der Waals surface area contributed by atoms with Gasteiger partial charge in [0, 0.05) is 6.54 Å². The zero-order valence-corrected chi connectivity index (χ0v) is 22.7. The molecule has 0 atom stereocenters. The summed E-state index contributed by atoms with van der Waals surface area (Å²) in [6.07, 6.45) is -0.192. The van der Waals surface area contributed by atoms with Crippen molar-refractivity contribution in [3.05, 3.63) is 58.8 Å². The maximum atomic E-state index is 12.8. The van der Waals surface area contributed by atoms with E-state index in [-0.39, 0.29) is 17.8 Å². The average Bonchev–Trinajstić information content (AvgIpc) is 3.34. The molecule has 2 aromatic carbocycles. The third kappa shape index (κ3) is 5.38. The minimum Gasteiger partial charge on any atom is -0.496 e. The first-order valence-electron chi connectivity index (χ1n) is 12.2. The number of benzene rings is 2. The SMILES string of the molecule is COC(=O)c1cc(-c2c(OC)cccc2OC)n(-c2ccc(C(=O)O)c3c2CCN(C(=O)OC(C)(C)C)C3)n1. The molecule has 0 aliphatic carbocycles. The Morgan fingerprint density at radius 2 is 1.64 bits per heavy atom. The third-order valence-corrected chi connectivity index (χ3v) is 6.29. The van der Waals surface area contributed by atoms with Gasteiger partial charge in [-0.25, -0.2) is 19.1 Å². The number of carboxylic acid groups (broad SMARTS) is 1. The second-order valence-electron chi connectivity index (χ2n) is 9.90. The molecule has 11 heteroatoms. The Morgan fingerprint density at radius 1 is 0.974 bits per heavy atom. The van der Waals surface area contributed by atoms with Crippen molar-refractivity contribution >= 4 is 18.0 Å². The van der Waals surface area contributed by atoms with Gasteiger partial charge >= 0.3 is 18.0 Å². The smallest absolute Gasteiger partial charge is 0.410 e. The Morgan fingerprint density at radius 3 is 2.21 bits per heavy atom. The van der Waals surface area contributed by atoms with Crippen molar-refractivity contribution in [3.8, 4) is 28.4 Å². The molecule has 4 rings (SSSR count). The van der Waals surface area contributed by atoms with Crippen LogP contribution in [-0.4, -0.2) is 71.3 Å². The fraction of sp³-hybridized carbons (Fsp3) is 0.357. The van der Waals surface area contributed by atoms with Crippen LogP contribution in [0.15, 0.2) is 36.4 Å². The second kappa shape index (κ2) is 10.7. The van der Waals surface area contributed by atoms with Crippen molar-refractivity contribution in [1.82, 2.24) is 14.7 Å². The van der Waals surface area contributed by atoms with Gasteiger partial charge in [-0.15, -0.1) is 0 Å². The number of ether oxygens (including phenoxy) is 4. The molecule has 0 fully saturated rings. The summed E-state index contributed by atoms with van der Waals surface area (Å²) in [4.78, 5) is 39.0. The summed E-state index contributed by atoms with van der Waals surface area (Å²) in [5.41, 5.74) is 2.14. The number of carboxylic acids is 1. The third-order valence-electron chi connectivity index (χ3n) is 6.29. The molecule has 0 saturated heterocycles. The molecule has 2 heterocycles. The van der Waals surface area contributed by atoms with Gasteiger partial charge in [-0.05, 0) is 68.7 Å². The van der Waals surface area contributed by atoms with Crippen molar-refractivity contribution in [2.75, 3.05) is 27.9 Å². The maximum absolute atomic E-state index is 12.8. The van der Waals surface area contributed by atoms with Crippen LogP contribution in [0.5, 0.6) is 11.5 Å². The van der Waals surface area contributed by atoms with Crippen molar-refractivity contribution in [2.45, 2.75) is 39.3 Å². The molecule has 3 aromatic rings. The van der Waals surface area contributed by atoms with Gasteiger partial charge in [0.15, 0.2) is 5.69 Å². The number of esters is 1. The van der Waals surface area contributed by atoms with Crippen LogP contribution in [0.1, 0.15) is 52.7 Å². The summed E-state index contributed by atoms with van der Waals surface area (Å²) in [5, 5.41) is 14.5. The minimum atomic E-state index is -1.12. The summed E-state index contributed by atoms with van der Waals surface area (Å²) in [7, 11) is 4.31. The van der Waals surface area contributed by atoms with E-state index in [1.807, 2.05) is 0 Å². The van der Waals surface area contributed by atoms with E-state index in [1.165, 1.54) is 32.3 Å². The lowest BCUT2D eigenvalue weighted by Gasteiger charge is -2.33. The van der Waals surface area contributed by atoms with Crippen LogP contribution in [0, 0.1) is 0 Å². The molecule has 0 spiro atoms. The molecule has 0 saturated carbocycles. The van der Waals surface area contributed by atoms with E-state index in [9.17, 15) is 19.5 Å². The van der Waals surface area contributed by atoms with Crippen LogP contribution in [0.3, 0.4) is 0 Å².